The van der Waals surface area contributed by atoms with E-state index in [4.69, 9.17) is 9.47 Å². The van der Waals surface area contributed by atoms with Crippen LogP contribution in [0.1, 0.15) is 108 Å². The Morgan fingerprint density at radius 3 is 2.17 bits per heavy atom. The predicted molar refractivity (Wildman–Crippen MR) is 181 cm³/mol. The summed E-state index contributed by atoms with van der Waals surface area (Å²) < 4.78 is 10.6. The maximum absolute atomic E-state index is 14.7. The summed E-state index contributed by atoms with van der Waals surface area (Å²) in [4.78, 5) is 55.3. The van der Waals surface area contributed by atoms with Crippen molar-refractivity contribution in [3.63, 3.8) is 0 Å². The van der Waals surface area contributed by atoms with Gasteiger partial charge in [-0.05, 0) is 70.2 Å². The van der Waals surface area contributed by atoms with E-state index in [2.05, 4.69) is 17.6 Å². The van der Waals surface area contributed by atoms with E-state index in [0.29, 0.717) is 18.5 Å². The van der Waals surface area contributed by atoms with Crippen LogP contribution in [0.25, 0.3) is 0 Å². The standard InChI is InChI=1S/C37H55N3O6/c1-8-10-11-12-13-17-24-40(35(43)31(26-29-18-15-14-16-19-29)39-36(44)46-37(5,6)7)33(30-21-20-27(3)28(4)25-30)34(42)38-23-22-32(41)45-9-2/h14-16,18-21,25,31,33H,8-13,17,22-24,26H2,1-7H3,(H,38,42)(H,39,44). The molecule has 0 fully saturated rings. The highest BCUT2D eigenvalue weighted by Gasteiger charge is 2.36. The van der Waals surface area contributed by atoms with E-state index in [1.807, 2.05) is 62.4 Å². The van der Waals surface area contributed by atoms with Gasteiger partial charge in [0.05, 0.1) is 13.0 Å². The van der Waals surface area contributed by atoms with E-state index < -0.39 is 35.7 Å². The highest BCUT2D eigenvalue weighted by molar-refractivity contribution is 5.92. The van der Waals surface area contributed by atoms with E-state index >= 15 is 0 Å². The number of nitrogens with one attached hydrogen (secondary N) is 2. The van der Waals surface area contributed by atoms with Crippen LogP contribution in [0.5, 0.6) is 0 Å². The number of alkyl carbamates (subject to hydrolysis) is 1. The Labute approximate surface area is 275 Å². The molecule has 0 bridgehead atoms. The van der Waals surface area contributed by atoms with Crippen LogP contribution in [0.15, 0.2) is 48.5 Å². The van der Waals surface area contributed by atoms with Crippen molar-refractivity contribution < 1.29 is 28.7 Å². The molecule has 0 aromatic heterocycles. The lowest BCUT2D eigenvalue weighted by molar-refractivity contribution is -0.144. The summed E-state index contributed by atoms with van der Waals surface area (Å²) in [6, 6.07) is 13.2. The van der Waals surface area contributed by atoms with Gasteiger partial charge in [-0.2, -0.15) is 0 Å². The van der Waals surface area contributed by atoms with Gasteiger partial charge in [0.25, 0.3) is 0 Å². The van der Waals surface area contributed by atoms with Gasteiger partial charge in [0.15, 0.2) is 0 Å². The maximum Gasteiger partial charge on any atom is 0.408 e. The highest BCUT2D eigenvalue weighted by atomic mass is 16.6. The number of carbonyl (C=O) groups is 4. The highest BCUT2D eigenvalue weighted by Crippen LogP contribution is 2.26. The Balaban J connectivity index is 2.53. The lowest BCUT2D eigenvalue weighted by atomic mass is 9.97. The summed E-state index contributed by atoms with van der Waals surface area (Å²) in [5.74, 6) is -1.19. The number of aryl methyl sites for hydroxylation is 2. The second kappa shape index (κ2) is 19.6. The molecule has 9 nitrogen and oxygen atoms in total. The van der Waals surface area contributed by atoms with Crippen molar-refractivity contribution in [1.82, 2.24) is 15.5 Å². The molecule has 2 rings (SSSR count). The molecule has 2 unspecified atom stereocenters. The molecule has 0 aliphatic rings. The van der Waals surface area contributed by atoms with Gasteiger partial charge < -0.3 is 25.0 Å². The molecule has 0 radical (unpaired) electrons. The molecule has 2 N–H and O–H groups in total. The van der Waals surface area contributed by atoms with E-state index in [1.165, 1.54) is 0 Å². The SMILES string of the molecule is CCCCCCCCN(C(=O)C(Cc1ccccc1)NC(=O)OC(C)(C)C)C(C(=O)NCCC(=O)OCC)c1ccc(C)c(C)c1. The molecule has 0 heterocycles. The first kappa shape index (κ1) is 38.3. The van der Waals surface area contributed by atoms with Crippen molar-refractivity contribution >= 4 is 23.9 Å². The van der Waals surface area contributed by atoms with Crippen LogP contribution >= 0.6 is 0 Å². The number of ether oxygens (including phenoxy) is 2. The Bertz CT molecular complexity index is 1260. The number of amides is 3. The van der Waals surface area contributed by atoms with Gasteiger partial charge in [0.1, 0.15) is 17.7 Å². The smallest absolute Gasteiger partial charge is 0.408 e. The fourth-order valence-corrected chi connectivity index (χ4v) is 5.15. The molecule has 254 valence electrons. The maximum atomic E-state index is 14.7. The average molecular weight is 638 g/mol. The van der Waals surface area contributed by atoms with E-state index in [-0.39, 0.29) is 31.9 Å². The number of esters is 1. The molecule has 0 aliphatic carbocycles. The third kappa shape index (κ3) is 13.6. The molecular weight excluding hydrogens is 582 g/mol. The van der Waals surface area contributed by atoms with Crippen LogP contribution in [0.2, 0.25) is 0 Å². The van der Waals surface area contributed by atoms with Crippen molar-refractivity contribution in [3.8, 4) is 0 Å². The Hall–Kier alpha value is -3.88. The first-order chi connectivity index (χ1) is 21.9. The predicted octanol–water partition coefficient (Wildman–Crippen LogP) is 6.74. The fraction of sp³-hybridized carbons (Fsp3) is 0.568. The van der Waals surface area contributed by atoms with Crippen molar-refractivity contribution in [3.05, 3.63) is 70.8 Å². The number of rotatable bonds is 18. The van der Waals surface area contributed by atoms with Gasteiger partial charge in [0, 0.05) is 19.5 Å². The molecule has 2 atom stereocenters. The number of hydrogen-bond acceptors (Lipinski definition) is 6. The Morgan fingerprint density at radius 2 is 1.54 bits per heavy atom. The minimum Gasteiger partial charge on any atom is -0.466 e. The summed E-state index contributed by atoms with van der Waals surface area (Å²) in [5.41, 5.74) is 2.81. The number of benzene rings is 2. The van der Waals surface area contributed by atoms with Crippen molar-refractivity contribution in [1.29, 1.82) is 0 Å². The van der Waals surface area contributed by atoms with Crippen LogP contribution in [0, 0.1) is 13.8 Å². The third-order valence-electron chi connectivity index (χ3n) is 7.65. The number of carbonyl (C=O) groups excluding carboxylic acids is 4. The summed E-state index contributed by atoms with van der Waals surface area (Å²) >= 11 is 0. The summed E-state index contributed by atoms with van der Waals surface area (Å²) in [6.07, 6.45) is 5.53. The normalized spacial score (nSPS) is 12.5. The molecule has 2 aromatic carbocycles. The van der Waals surface area contributed by atoms with E-state index in [0.717, 1.165) is 48.8 Å². The second-order valence-electron chi connectivity index (χ2n) is 12.8. The van der Waals surface area contributed by atoms with Crippen molar-refractivity contribution in [2.75, 3.05) is 19.7 Å². The van der Waals surface area contributed by atoms with Gasteiger partial charge in [-0.3, -0.25) is 14.4 Å². The molecule has 0 saturated carbocycles. The molecule has 2 aromatic rings. The van der Waals surface area contributed by atoms with Crippen LogP contribution in [0.3, 0.4) is 0 Å². The Morgan fingerprint density at radius 1 is 0.870 bits per heavy atom. The fourth-order valence-electron chi connectivity index (χ4n) is 5.15. The monoisotopic (exact) mass is 637 g/mol. The summed E-state index contributed by atoms with van der Waals surface area (Å²) in [7, 11) is 0. The van der Waals surface area contributed by atoms with E-state index in [9.17, 15) is 19.2 Å². The molecule has 0 aliphatic heterocycles. The van der Waals surface area contributed by atoms with Crippen LogP contribution in [-0.2, 0) is 30.3 Å². The molecule has 46 heavy (non-hydrogen) atoms. The van der Waals surface area contributed by atoms with Crippen molar-refractivity contribution in [2.24, 2.45) is 0 Å². The first-order valence-corrected chi connectivity index (χ1v) is 16.7. The lowest BCUT2D eigenvalue weighted by Crippen LogP contribution is -2.54. The van der Waals surface area contributed by atoms with Gasteiger partial charge in [0.2, 0.25) is 11.8 Å². The zero-order chi connectivity index (χ0) is 34.1. The van der Waals surface area contributed by atoms with Gasteiger partial charge >= 0.3 is 12.1 Å². The third-order valence-corrected chi connectivity index (χ3v) is 7.65. The van der Waals surface area contributed by atoms with E-state index in [1.54, 1.807) is 32.6 Å². The number of unbranched alkanes of at least 4 members (excludes halogenated alkanes) is 5. The zero-order valence-electron chi connectivity index (χ0n) is 28.9. The summed E-state index contributed by atoms with van der Waals surface area (Å²) in [5, 5.41) is 5.69. The summed E-state index contributed by atoms with van der Waals surface area (Å²) in [6.45, 7) is 13.8. The quantitative estimate of drug-likeness (QED) is 0.138. The van der Waals surface area contributed by atoms with Gasteiger partial charge in [-0.1, -0.05) is 87.6 Å². The zero-order valence-corrected chi connectivity index (χ0v) is 28.9. The Kier molecular flexibility index (Phi) is 16.3. The number of hydrogen-bond donors (Lipinski definition) is 2. The average Bonchev–Trinajstić information content (AvgIpc) is 2.99. The topological polar surface area (TPSA) is 114 Å². The molecular formula is C37H55N3O6. The van der Waals surface area contributed by atoms with Gasteiger partial charge in [-0.15, -0.1) is 0 Å². The minimum atomic E-state index is -0.987. The van der Waals surface area contributed by atoms with Crippen molar-refractivity contribution in [2.45, 2.75) is 118 Å². The second-order valence-corrected chi connectivity index (χ2v) is 12.8. The molecule has 0 saturated heterocycles. The first-order valence-electron chi connectivity index (χ1n) is 16.7. The largest absolute Gasteiger partial charge is 0.466 e. The minimum absolute atomic E-state index is 0.0153. The molecule has 3 amide bonds. The number of nitrogens with zero attached hydrogens (tertiary/aromatic N) is 1. The lowest BCUT2D eigenvalue weighted by Gasteiger charge is -2.35. The van der Waals surface area contributed by atoms with Crippen LogP contribution < -0.4 is 10.6 Å². The molecule has 9 heteroatoms. The molecule has 0 spiro atoms. The van der Waals surface area contributed by atoms with Crippen LogP contribution in [-0.4, -0.2) is 60.1 Å². The van der Waals surface area contributed by atoms with Crippen LogP contribution in [0.4, 0.5) is 4.79 Å². The van der Waals surface area contributed by atoms with Gasteiger partial charge in [-0.25, -0.2) is 4.79 Å².